The smallest absolute Gasteiger partial charge is 0.308 e. The zero-order valence-electron chi connectivity index (χ0n) is 30.1. The van der Waals surface area contributed by atoms with Crippen LogP contribution in [0.15, 0.2) is 0 Å². The van der Waals surface area contributed by atoms with Gasteiger partial charge in [-0.05, 0) is 45.7 Å². The number of esters is 2. The van der Waals surface area contributed by atoms with Crippen LogP contribution >= 0.6 is 0 Å². The number of carbonyl (C=O) groups is 3. The molecule has 0 rings (SSSR count). The van der Waals surface area contributed by atoms with Gasteiger partial charge in [0.15, 0.2) is 0 Å². The Morgan fingerprint density at radius 2 is 1.14 bits per heavy atom. The standard InChI is InChI=1S/C37H72N2O5/c1-8-11-13-15-16-21-25-34(24-20-14-12-9-2)37(42)44-30-28-39(35(40)31-33(6)38(7)10-3)27-29-43-36(41)26-22-18-17-19-23-32(4)5/h32-34H,8-31H2,1-7H3. The zero-order valence-corrected chi connectivity index (χ0v) is 30.1. The van der Waals surface area contributed by atoms with Crippen molar-refractivity contribution in [3.63, 3.8) is 0 Å². The molecule has 7 nitrogen and oxygen atoms in total. The third-order valence-electron chi connectivity index (χ3n) is 8.86. The second-order valence-electron chi connectivity index (χ2n) is 13.3. The van der Waals surface area contributed by atoms with Crippen LogP contribution in [0.1, 0.15) is 164 Å². The zero-order chi connectivity index (χ0) is 33.0. The fourth-order valence-corrected chi connectivity index (χ4v) is 5.47. The molecule has 0 spiro atoms. The fraction of sp³-hybridized carbons (Fsp3) is 0.919. The average molecular weight is 625 g/mol. The van der Waals surface area contributed by atoms with Gasteiger partial charge >= 0.3 is 11.9 Å². The van der Waals surface area contributed by atoms with Crippen molar-refractivity contribution in [2.24, 2.45) is 11.8 Å². The van der Waals surface area contributed by atoms with Crippen LogP contribution in [-0.2, 0) is 23.9 Å². The molecule has 1 amide bonds. The van der Waals surface area contributed by atoms with Gasteiger partial charge in [0.05, 0.1) is 19.0 Å². The van der Waals surface area contributed by atoms with E-state index < -0.39 is 0 Å². The van der Waals surface area contributed by atoms with Crippen molar-refractivity contribution in [1.82, 2.24) is 9.80 Å². The first-order valence-electron chi connectivity index (χ1n) is 18.5. The first-order chi connectivity index (χ1) is 21.2. The second-order valence-corrected chi connectivity index (χ2v) is 13.3. The summed E-state index contributed by atoms with van der Waals surface area (Å²) in [4.78, 5) is 42.5. The molecule has 0 fully saturated rings. The van der Waals surface area contributed by atoms with Crippen molar-refractivity contribution in [3.8, 4) is 0 Å². The van der Waals surface area contributed by atoms with E-state index in [0.717, 1.165) is 63.8 Å². The lowest BCUT2D eigenvalue weighted by molar-refractivity contribution is -0.151. The summed E-state index contributed by atoms with van der Waals surface area (Å²) in [6, 6.07) is 0.0978. The van der Waals surface area contributed by atoms with Crippen LogP contribution in [0.3, 0.4) is 0 Å². The van der Waals surface area contributed by atoms with Crippen LogP contribution in [0.2, 0.25) is 0 Å². The van der Waals surface area contributed by atoms with Crippen molar-refractivity contribution in [2.45, 2.75) is 170 Å². The molecule has 0 heterocycles. The molecule has 0 aliphatic carbocycles. The Labute approximate surface area is 272 Å². The van der Waals surface area contributed by atoms with Gasteiger partial charge in [-0.25, -0.2) is 0 Å². The largest absolute Gasteiger partial charge is 0.464 e. The van der Waals surface area contributed by atoms with E-state index in [1.54, 1.807) is 4.90 Å². The van der Waals surface area contributed by atoms with Gasteiger partial charge in [-0.2, -0.15) is 0 Å². The quantitative estimate of drug-likeness (QED) is 0.0586. The van der Waals surface area contributed by atoms with Gasteiger partial charge < -0.3 is 19.3 Å². The molecule has 0 bridgehead atoms. The van der Waals surface area contributed by atoms with Gasteiger partial charge in [0.2, 0.25) is 5.91 Å². The molecule has 2 atom stereocenters. The Morgan fingerprint density at radius 3 is 1.70 bits per heavy atom. The van der Waals surface area contributed by atoms with E-state index in [4.69, 9.17) is 9.47 Å². The monoisotopic (exact) mass is 625 g/mol. The molecule has 260 valence electrons. The van der Waals surface area contributed by atoms with Crippen LogP contribution < -0.4 is 0 Å². The van der Waals surface area contributed by atoms with E-state index in [-0.39, 0.29) is 43.0 Å². The Kier molecular flexibility index (Phi) is 27.7. The van der Waals surface area contributed by atoms with Crippen molar-refractivity contribution >= 4 is 17.8 Å². The highest BCUT2D eigenvalue weighted by Gasteiger charge is 2.22. The van der Waals surface area contributed by atoms with Crippen molar-refractivity contribution in [1.29, 1.82) is 0 Å². The number of nitrogens with zero attached hydrogens (tertiary/aromatic N) is 2. The molecular formula is C37H72N2O5. The van der Waals surface area contributed by atoms with Crippen molar-refractivity contribution in [3.05, 3.63) is 0 Å². The molecule has 2 unspecified atom stereocenters. The summed E-state index contributed by atoms with van der Waals surface area (Å²) in [6.07, 6.45) is 19.9. The molecule has 44 heavy (non-hydrogen) atoms. The number of hydrogen-bond acceptors (Lipinski definition) is 6. The molecule has 0 aliphatic rings. The van der Waals surface area contributed by atoms with Crippen molar-refractivity contribution < 1.29 is 23.9 Å². The molecule has 0 aromatic rings. The van der Waals surface area contributed by atoms with Crippen LogP contribution in [0.4, 0.5) is 0 Å². The molecule has 0 aromatic carbocycles. The van der Waals surface area contributed by atoms with Gasteiger partial charge in [0.1, 0.15) is 13.2 Å². The summed E-state index contributed by atoms with van der Waals surface area (Å²) < 4.78 is 11.3. The van der Waals surface area contributed by atoms with Gasteiger partial charge in [0, 0.05) is 18.9 Å². The number of unbranched alkanes of at least 4 members (excludes halogenated alkanes) is 11. The molecule has 0 N–H and O–H groups in total. The SMILES string of the molecule is CCCCCCCCC(CCCCCC)C(=O)OCCN(CCOC(=O)CCCCCCC(C)C)C(=O)CC(C)N(C)CC. The Hall–Kier alpha value is -1.63. The van der Waals surface area contributed by atoms with Crippen LogP contribution in [0.5, 0.6) is 0 Å². The van der Waals surface area contributed by atoms with E-state index in [9.17, 15) is 14.4 Å². The maximum absolute atomic E-state index is 13.3. The highest BCUT2D eigenvalue weighted by molar-refractivity contribution is 5.77. The van der Waals surface area contributed by atoms with Crippen LogP contribution in [0.25, 0.3) is 0 Å². The minimum Gasteiger partial charge on any atom is -0.464 e. The Bertz CT molecular complexity index is 714. The summed E-state index contributed by atoms with van der Waals surface area (Å²) >= 11 is 0. The van der Waals surface area contributed by atoms with E-state index in [1.807, 2.05) is 14.0 Å². The predicted octanol–water partition coefficient (Wildman–Crippen LogP) is 8.97. The molecule has 0 aliphatic heterocycles. The van der Waals surface area contributed by atoms with E-state index in [1.165, 1.54) is 57.8 Å². The molecule has 0 radical (unpaired) electrons. The van der Waals surface area contributed by atoms with Gasteiger partial charge in [-0.3, -0.25) is 14.4 Å². The normalized spacial score (nSPS) is 12.8. The minimum absolute atomic E-state index is 0.00162. The second kappa shape index (κ2) is 28.8. The first-order valence-corrected chi connectivity index (χ1v) is 18.5. The molecule has 0 saturated carbocycles. The van der Waals surface area contributed by atoms with E-state index in [0.29, 0.717) is 25.9 Å². The minimum atomic E-state index is -0.202. The molecule has 0 aromatic heterocycles. The Balaban J connectivity index is 4.90. The number of amides is 1. The summed E-state index contributed by atoms with van der Waals surface area (Å²) in [7, 11) is 2.01. The lowest BCUT2D eigenvalue weighted by Crippen LogP contribution is -2.41. The highest BCUT2D eigenvalue weighted by Crippen LogP contribution is 2.20. The highest BCUT2D eigenvalue weighted by atomic mass is 16.5. The number of hydrogen-bond donors (Lipinski definition) is 0. The fourth-order valence-electron chi connectivity index (χ4n) is 5.47. The van der Waals surface area contributed by atoms with Gasteiger partial charge in [-0.1, -0.05) is 125 Å². The molecule has 0 saturated heterocycles. The lowest BCUT2D eigenvalue weighted by atomic mass is 9.94. The van der Waals surface area contributed by atoms with E-state index in [2.05, 4.69) is 39.5 Å². The number of ether oxygens (including phenoxy) is 2. The number of rotatable bonds is 30. The molecule has 7 heteroatoms. The van der Waals surface area contributed by atoms with Crippen LogP contribution in [0, 0.1) is 11.8 Å². The number of carbonyl (C=O) groups excluding carboxylic acids is 3. The molecular weight excluding hydrogens is 552 g/mol. The summed E-state index contributed by atoms with van der Waals surface area (Å²) in [5.41, 5.74) is 0. The van der Waals surface area contributed by atoms with Crippen molar-refractivity contribution in [2.75, 3.05) is 39.9 Å². The first kappa shape index (κ1) is 42.4. The van der Waals surface area contributed by atoms with E-state index >= 15 is 0 Å². The predicted molar refractivity (Wildman–Crippen MR) is 184 cm³/mol. The third kappa shape index (κ3) is 23.7. The maximum Gasteiger partial charge on any atom is 0.308 e. The van der Waals surface area contributed by atoms with Gasteiger partial charge in [0.25, 0.3) is 0 Å². The average Bonchev–Trinajstić information content (AvgIpc) is 2.99. The third-order valence-corrected chi connectivity index (χ3v) is 8.86. The summed E-state index contributed by atoms with van der Waals surface area (Å²) in [5.74, 6) is 0.334. The maximum atomic E-state index is 13.3. The topological polar surface area (TPSA) is 76.1 Å². The van der Waals surface area contributed by atoms with Crippen LogP contribution in [-0.4, -0.2) is 73.6 Å². The van der Waals surface area contributed by atoms with Gasteiger partial charge in [-0.15, -0.1) is 0 Å². The summed E-state index contributed by atoms with van der Waals surface area (Å²) in [5, 5.41) is 0. The Morgan fingerprint density at radius 1 is 0.636 bits per heavy atom. The summed E-state index contributed by atoms with van der Waals surface area (Å²) in [6.45, 7) is 14.9. The lowest BCUT2D eigenvalue weighted by Gasteiger charge is -2.27.